The third kappa shape index (κ3) is 5.08. The molecule has 0 aromatic heterocycles. The van der Waals surface area contributed by atoms with Gasteiger partial charge in [0.2, 0.25) is 0 Å². The van der Waals surface area contributed by atoms with E-state index in [0.29, 0.717) is 17.4 Å². The summed E-state index contributed by atoms with van der Waals surface area (Å²) in [5.74, 6) is -1.12. The molecule has 2 rings (SSSR count). The molecule has 0 aliphatic rings. The zero-order chi connectivity index (χ0) is 19.3. The summed E-state index contributed by atoms with van der Waals surface area (Å²) in [5.41, 5.74) is 0.582. The number of nitrogens with one attached hydrogen (secondary N) is 2. The normalized spacial score (nSPS) is 10.1. The van der Waals surface area contributed by atoms with Crippen LogP contribution in [0.2, 0.25) is 10.0 Å². The minimum absolute atomic E-state index is 0.0318. The lowest BCUT2D eigenvalue weighted by molar-refractivity contribution is 0.0696. The maximum atomic E-state index is 12.3. The van der Waals surface area contributed by atoms with Crippen molar-refractivity contribution in [2.45, 2.75) is 6.92 Å². The molecule has 0 fully saturated rings. The van der Waals surface area contributed by atoms with Crippen molar-refractivity contribution in [2.24, 2.45) is 0 Å². The van der Waals surface area contributed by atoms with Crippen LogP contribution in [0.25, 0.3) is 0 Å². The predicted molar refractivity (Wildman–Crippen MR) is 105 cm³/mol. The third-order valence-corrected chi connectivity index (χ3v) is 4.01. The molecule has 0 spiro atoms. The molecule has 0 heterocycles. The average Bonchev–Trinajstić information content (AvgIpc) is 2.58. The van der Waals surface area contributed by atoms with Gasteiger partial charge in [0.15, 0.2) is 5.11 Å². The molecule has 2 aromatic rings. The van der Waals surface area contributed by atoms with Gasteiger partial charge >= 0.3 is 5.97 Å². The van der Waals surface area contributed by atoms with E-state index < -0.39 is 11.9 Å². The van der Waals surface area contributed by atoms with Crippen LogP contribution in [0.5, 0.6) is 5.75 Å². The van der Waals surface area contributed by atoms with Crippen LogP contribution >= 0.6 is 35.4 Å². The van der Waals surface area contributed by atoms with E-state index >= 15 is 0 Å². The lowest BCUT2D eigenvalue weighted by atomic mass is 10.2. The third-order valence-electron chi connectivity index (χ3n) is 3.18. The summed E-state index contributed by atoms with van der Waals surface area (Å²) in [5, 5.41) is 14.7. The van der Waals surface area contributed by atoms with Crippen molar-refractivity contribution in [2.75, 3.05) is 11.9 Å². The molecule has 6 nitrogen and oxygen atoms in total. The predicted octanol–water partition coefficient (Wildman–Crippen LogP) is 4.22. The van der Waals surface area contributed by atoms with Crippen molar-refractivity contribution < 1.29 is 19.4 Å². The maximum absolute atomic E-state index is 12.3. The van der Waals surface area contributed by atoms with Crippen LogP contribution in [0.4, 0.5) is 5.69 Å². The Labute approximate surface area is 165 Å². The van der Waals surface area contributed by atoms with E-state index in [1.807, 2.05) is 6.92 Å². The van der Waals surface area contributed by atoms with Crippen molar-refractivity contribution in [3.63, 3.8) is 0 Å². The zero-order valence-electron chi connectivity index (χ0n) is 13.5. The smallest absolute Gasteiger partial charge is 0.335 e. The Balaban J connectivity index is 2.08. The largest absolute Gasteiger partial charge is 0.492 e. The van der Waals surface area contributed by atoms with Gasteiger partial charge in [-0.15, -0.1) is 0 Å². The summed E-state index contributed by atoms with van der Waals surface area (Å²) in [6.07, 6.45) is 0. The number of rotatable bonds is 5. The molecule has 0 atom stereocenters. The number of amides is 1. The van der Waals surface area contributed by atoms with Crippen molar-refractivity contribution in [3.8, 4) is 5.75 Å². The molecule has 0 unspecified atom stereocenters. The van der Waals surface area contributed by atoms with Gasteiger partial charge in [-0.25, -0.2) is 4.79 Å². The van der Waals surface area contributed by atoms with E-state index in [1.54, 1.807) is 12.1 Å². The molecule has 136 valence electrons. The minimum atomic E-state index is -1.11. The van der Waals surface area contributed by atoms with Crippen LogP contribution < -0.4 is 15.4 Å². The zero-order valence-corrected chi connectivity index (χ0v) is 15.8. The summed E-state index contributed by atoms with van der Waals surface area (Å²) in [6.45, 7) is 2.28. The van der Waals surface area contributed by atoms with Crippen molar-refractivity contribution in [1.29, 1.82) is 0 Å². The number of hydrogen-bond acceptors (Lipinski definition) is 4. The number of halogens is 2. The lowest BCUT2D eigenvalue weighted by Crippen LogP contribution is -2.34. The highest BCUT2D eigenvalue weighted by Gasteiger charge is 2.13. The number of ether oxygens (including phenoxy) is 1. The van der Waals surface area contributed by atoms with Crippen molar-refractivity contribution >= 4 is 58.1 Å². The van der Waals surface area contributed by atoms with Gasteiger partial charge in [0.25, 0.3) is 5.91 Å². The molecule has 0 saturated carbocycles. The van der Waals surface area contributed by atoms with Gasteiger partial charge in [-0.3, -0.25) is 10.1 Å². The van der Waals surface area contributed by atoms with Gasteiger partial charge in [-0.2, -0.15) is 0 Å². The summed E-state index contributed by atoms with van der Waals surface area (Å²) in [4.78, 5) is 23.3. The summed E-state index contributed by atoms with van der Waals surface area (Å²) in [6, 6.07) is 8.69. The highest BCUT2D eigenvalue weighted by Crippen LogP contribution is 2.26. The Morgan fingerprint density at radius 1 is 1.12 bits per heavy atom. The fourth-order valence-corrected chi connectivity index (χ4v) is 2.60. The van der Waals surface area contributed by atoms with Crippen LogP contribution in [0.1, 0.15) is 27.6 Å². The molecule has 9 heteroatoms. The van der Waals surface area contributed by atoms with Crippen LogP contribution in [0.15, 0.2) is 36.4 Å². The van der Waals surface area contributed by atoms with Gasteiger partial charge in [0.1, 0.15) is 5.75 Å². The second-order valence-electron chi connectivity index (χ2n) is 4.99. The Morgan fingerprint density at radius 3 is 2.42 bits per heavy atom. The number of benzene rings is 2. The SMILES string of the molecule is CCOc1ccc(C(=O)NC(=S)Nc2cc(C(=O)O)ccc2Cl)cc1Cl. The van der Waals surface area contributed by atoms with Crippen molar-refractivity contribution in [1.82, 2.24) is 5.32 Å². The van der Waals surface area contributed by atoms with Gasteiger partial charge in [-0.05, 0) is 55.5 Å². The Bertz CT molecular complexity index is 874. The molecular formula is C17H14Cl2N2O4S. The van der Waals surface area contributed by atoms with E-state index in [4.69, 9.17) is 45.3 Å². The molecule has 3 N–H and O–H groups in total. The van der Waals surface area contributed by atoms with Crippen LogP contribution in [0.3, 0.4) is 0 Å². The number of anilines is 1. The number of aromatic carboxylic acids is 1. The standard InChI is InChI=1S/C17H14Cl2N2O4S/c1-2-25-14-6-4-9(7-12(14)19)15(22)21-17(26)20-13-8-10(16(23)24)3-5-11(13)18/h3-8H,2H2,1H3,(H,23,24)(H2,20,21,22,26). The van der Waals surface area contributed by atoms with E-state index in [1.165, 1.54) is 24.3 Å². The highest BCUT2D eigenvalue weighted by atomic mass is 35.5. The molecular weight excluding hydrogens is 399 g/mol. The van der Waals surface area contributed by atoms with Crippen LogP contribution in [-0.4, -0.2) is 28.7 Å². The van der Waals surface area contributed by atoms with Gasteiger partial charge in [0.05, 0.1) is 27.9 Å². The Hall–Kier alpha value is -2.35. The second kappa shape index (κ2) is 8.84. The second-order valence-corrected chi connectivity index (χ2v) is 6.21. The van der Waals surface area contributed by atoms with E-state index in [-0.39, 0.29) is 26.9 Å². The fourth-order valence-electron chi connectivity index (χ4n) is 2.00. The summed E-state index contributed by atoms with van der Waals surface area (Å²) in [7, 11) is 0. The first kappa shape index (κ1) is 20.0. The molecule has 0 aliphatic heterocycles. The first-order valence-corrected chi connectivity index (χ1v) is 8.55. The number of carboxylic acid groups (broad SMARTS) is 1. The van der Waals surface area contributed by atoms with Gasteiger partial charge in [0, 0.05) is 5.56 Å². The van der Waals surface area contributed by atoms with Crippen LogP contribution in [-0.2, 0) is 0 Å². The fraction of sp³-hybridized carbons (Fsp3) is 0.118. The van der Waals surface area contributed by atoms with Crippen molar-refractivity contribution in [3.05, 3.63) is 57.6 Å². The molecule has 0 aliphatic carbocycles. The average molecular weight is 413 g/mol. The maximum Gasteiger partial charge on any atom is 0.335 e. The number of carbonyl (C=O) groups is 2. The quantitative estimate of drug-likeness (QED) is 0.637. The molecule has 0 bridgehead atoms. The van der Waals surface area contributed by atoms with E-state index in [0.717, 1.165) is 0 Å². The lowest BCUT2D eigenvalue weighted by Gasteiger charge is -2.12. The summed E-state index contributed by atoms with van der Waals surface area (Å²) < 4.78 is 5.31. The number of carbonyl (C=O) groups excluding carboxylic acids is 1. The molecule has 1 amide bonds. The summed E-state index contributed by atoms with van der Waals surface area (Å²) >= 11 is 17.1. The minimum Gasteiger partial charge on any atom is -0.492 e. The number of thiocarbonyl (C=S) groups is 1. The van der Waals surface area contributed by atoms with Gasteiger partial charge in [-0.1, -0.05) is 23.2 Å². The van der Waals surface area contributed by atoms with E-state index in [2.05, 4.69) is 10.6 Å². The first-order valence-electron chi connectivity index (χ1n) is 7.39. The number of carboxylic acids is 1. The molecule has 26 heavy (non-hydrogen) atoms. The first-order chi connectivity index (χ1) is 12.3. The van der Waals surface area contributed by atoms with Crippen LogP contribution in [0, 0.1) is 0 Å². The van der Waals surface area contributed by atoms with E-state index in [9.17, 15) is 9.59 Å². The molecule has 2 aromatic carbocycles. The highest BCUT2D eigenvalue weighted by molar-refractivity contribution is 7.80. The Morgan fingerprint density at radius 2 is 1.81 bits per heavy atom. The van der Waals surface area contributed by atoms with Gasteiger partial charge < -0.3 is 15.2 Å². The number of hydrogen-bond donors (Lipinski definition) is 3. The Kier molecular flexibility index (Phi) is 6.79. The topological polar surface area (TPSA) is 87.7 Å². The molecule has 0 saturated heterocycles. The monoisotopic (exact) mass is 412 g/mol. The molecule has 0 radical (unpaired) electrons.